The smallest absolute Gasteiger partial charge is 0.263 e. The lowest BCUT2D eigenvalue weighted by Gasteiger charge is -2.29. The second-order valence-electron chi connectivity index (χ2n) is 7.29. The highest BCUT2D eigenvalue weighted by Crippen LogP contribution is 2.28. The molecule has 0 radical (unpaired) electrons. The molecule has 146 valence electrons. The van der Waals surface area contributed by atoms with E-state index in [-0.39, 0.29) is 23.3 Å². The molecule has 1 fully saturated rings. The van der Waals surface area contributed by atoms with Crippen LogP contribution < -0.4 is 10.9 Å². The first-order chi connectivity index (χ1) is 12.9. The Hall–Kier alpha value is -1.60. The van der Waals surface area contributed by atoms with Crippen molar-refractivity contribution >= 4 is 39.2 Å². The maximum atomic E-state index is 12.9. The van der Waals surface area contributed by atoms with Crippen molar-refractivity contribution in [2.24, 2.45) is 5.92 Å². The molecule has 2 aromatic rings. The molecule has 0 spiro atoms. The Labute approximate surface area is 168 Å². The lowest BCUT2D eigenvalue weighted by Crippen LogP contribution is -2.41. The second-order valence-corrected chi connectivity index (χ2v) is 9.43. The topological polar surface area (TPSA) is 64.0 Å². The first-order valence-electron chi connectivity index (χ1n) is 9.46. The molecule has 1 aliphatic carbocycles. The van der Waals surface area contributed by atoms with Crippen molar-refractivity contribution in [3.05, 3.63) is 33.4 Å². The summed E-state index contributed by atoms with van der Waals surface area (Å²) in [5.41, 5.74) is 0.941. The minimum Gasteiger partial charge on any atom is -0.352 e. The van der Waals surface area contributed by atoms with Crippen molar-refractivity contribution in [3.63, 3.8) is 0 Å². The number of nitrogens with one attached hydrogen (secondary N) is 1. The summed E-state index contributed by atoms with van der Waals surface area (Å²) in [5.74, 6) is 0.803. The Morgan fingerprint density at radius 2 is 2.15 bits per heavy atom. The molecule has 1 saturated carbocycles. The highest BCUT2D eigenvalue weighted by molar-refractivity contribution is 7.99. The maximum Gasteiger partial charge on any atom is 0.263 e. The molecule has 0 unspecified atom stereocenters. The van der Waals surface area contributed by atoms with E-state index in [1.165, 1.54) is 42.4 Å². The van der Waals surface area contributed by atoms with Crippen molar-refractivity contribution in [1.29, 1.82) is 0 Å². The first kappa shape index (κ1) is 20.1. The summed E-state index contributed by atoms with van der Waals surface area (Å²) in [7, 11) is 0. The normalized spacial score (nSPS) is 20.0. The van der Waals surface area contributed by atoms with Gasteiger partial charge in [-0.25, -0.2) is 4.98 Å². The number of hydrogen-bond donors (Lipinski definition) is 1. The second kappa shape index (κ2) is 8.61. The van der Waals surface area contributed by atoms with Crippen LogP contribution in [0.15, 0.2) is 22.6 Å². The third kappa shape index (κ3) is 4.29. The van der Waals surface area contributed by atoms with Gasteiger partial charge in [0.25, 0.3) is 5.56 Å². The molecule has 2 atom stereocenters. The molecule has 2 heterocycles. The van der Waals surface area contributed by atoms with Crippen molar-refractivity contribution in [1.82, 2.24) is 14.9 Å². The van der Waals surface area contributed by atoms with Crippen LogP contribution in [-0.2, 0) is 11.3 Å². The summed E-state index contributed by atoms with van der Waals surface area (Å²) in [6.07, 6.45) is 6.34. The SMILES string of the molecule is C=CCn1c(SCC(=O)N[C@H]2CCCC[C@H]2C)nc2sc(C)c(C)c2c1=O. The van der Waals surface area contributed by atoms with Crippen LogP contribution in [0.4, 0.5) is 0 Å². The summed E-state index contributed by atoms with van der Waals surface area (Å²) in [4.78, 5) is 31.9. The number of aromatic nitrogens is 2. The molecular weight excluding hydrogens is 378 g/mol. The zero-order valence-corrected chi connectivity index (χ0v) is 17.8. The summed E-state index contributed by atoms with van der Waals surface area (Å²) in [6.45, 7) is 10.3. The lowest BCUT2D eigenvalue weighted by molar-refractivity contribution is -0.119. The molecule has 0 bridgehead atoms. The van der Waals surface area contributed by atoms with Gasteiger partial charge in [-0.1, -0.05) is 37.6 Å². The molecular formula is C20H27N3O2S2. The fraction of sp³-hybridized carbons (Fsp3) is 0.550. The number of thiophene rings is 1. The van der Waals surface area contributed by atoms with E-state index in [4.69, 9.17) is 0 Å². The van der Waals surface area contributed by atoms with E-state index < -0.39 is 0 Å². The molecule has 7 heteroatoms. The van der Waals surface area contributed by atoms with E-state index in [9.17, 15) is 9.59 Å². The quantitative estimate of drug-likeness (QED) is 0.447. The molecule has 27 heavy (non-hydrogen) atoms. The Morgan fingerprint density at radius 3 is 2.85 bits per heavy atom. The van der Waals surface area contributed by atoms with Gasteiger partial charge in [-0.15, -0.1) is 17.9 Å². The van der Waals surface area contributed by atoms with Gasteiger partial charge in [-0.2, -0.15) is 0 Å². The molecule has 1 aliphatic rings. The molecule has 1 amide bonds. The van der Waals surface area contributed by atoms with Crippen LogP contribution >= 0.6 is 23.1 Å². The van der Waals surface area contributed by atoms with Crippen LogP contribution in [0.25, 0.3) is 10.2 Å². The van der Waals surface area contributed by atoms with Crippen LogP contribution in [0.2, 0.25) is 0 Å². The standard InChI is InChI=1S/C20H27N3O2S2/c1-5-10-23-19(25)17-13(3)14(4)27-18(17)22-20(23)26-11-16(24)21-15-9-7-6-8-12(15)2/h5,12,15H,1,6-11H2,2-4H3,(H,21,24)/t12-,15+/m1/s1. The number of carbonyl (C=O) groups excluding carboxylic acids is 1. The van der Waals surface area contributed by atoms with Gasteiger partial charge < -0.3 is 5.32 Å². The number of nitrogens with zero attached hydrogens (tertiary/aromatic N) is 2. The largest absolute Gasteiger partial charge is 0.352 e. The Bertz CT molecular complexity index is 916. The predicted molar refractivity (Wildman–Crippen MR) is 114 cm³/mol. The fourth-order valence-corrected chi connectivity index (χ4v) is 5.51. The van der Waals surface area contributed by atoms with Crippen LogP contribution in [-0.4, -0.2) is 27.3 Å². The molecule has 3 rings (SSSR count). The average Bonchev–Trinajstić information content (AvgIpc) is 2.92. The summed E-state index contributed by atoms with van der Waals surface area (Å²) >= 11 is 2.86. The van der Waals surface area contributed by atoms with E-state index in [0.717, 1.165) is 21.7 Å². The van der Waals surface area contributed by atoms with Gasteiger partial charge in [0.15, 0.2) is 5.16 Å². The lowest BCUT2D eigenvalue weighted by atomic mass is 9.86. The van der Waals surface area contributed by atoms with E-state index in [0.29, 0.717) is 23.0 Å². The van der Waals surface area contributed by atoms with Gasteiger partial charge in [0.05, 0.1) is 11.1 Å². The molecule has 1 N–H and O–H groups in total. The number of carbonyl (C=O) groups is 1. The van der Waals surface area contributed by atoms with Crippen molar-refractivity contribution in [2.75, 3.05) is 5.75 Å². The van der Waals surface area contributed by atoms with Crippen LogP contribution in [0.5, 0.6) is 0 Å². The molecule has 0 saturated heterocycles. The zero-order valence-electron chi connectivity index (χ0n) is 16.2. The van der Waals surface area contributed by atoms with Crippen molar-refractivity contribution < 1.29 is 4.79 Å². The Kier molecular flexibility index (Phi) is 6.42. The molecule has 5 nitrogen and oxygen atoms in total. The zero-order chi connectivity index (χ0) is 19.6. The monoisotopic (exact) mass is 405 g/mol. The number of allylic oxidation sites excluding steroid dienone is 1. The summed E-state index contributed by atoms with van der Waals surface area (Å²) in [6, 6.07) is 0.264. The number of aryl methyl sites for hydroxylation is 2. The number of thioether (sulfide) groups is 1. The van der Waals surface area contributed by atoms with E-state index in [2.05, 4.69) is 23.8 Å². The minimum absolute atomic E-state index is 0.0109. The van der Waals surface area contributed by atoms with Gasteiger partial charge in [0, 0.05) is 17.5 Å². The van der Waals surface area contributed by atoms with Crippen LogP contribution in [0.1, 0.15) is 43.0 Å². The highest BCUT2D eigenvalue weighted by atomic mass is 32.2. The first-order valence-corrected chi connectivity index (χ1v) is 11.3. The van der Waals surface area contributed by atoms with E-state index >= 15 is 0 Å². The average molecular weight is 406 g/mol. The van der Waals surface area contributed by atoms with Gasteiger partial charge in [0.2, 0.25) is 5.91 Å². The summed E-state index contributed by atoms with van der Waals surface area (Å²) < 4.78 is 1.62. The molecule has 0 aliphatic heterocycles. The maximum absolute atomic E-state index is 12.9. The van der Waals surface area contributed by atoms with E-state index in [1.54, 1.807) is 10.6 Å². The Morgan fingerprint density at radius 1 is 1.41 bits per heavy atom. The van der Waals surface area contributed by atoms with Gasteiger partial charge >= 0.3 is 0 Å². The number of amides is 1. The predicted octanol–water partition coefficient (Wildman–Crippen LogP) is 4.05. The number of rotatable bonds is 6. The van der Waals surface area contributed by atoms with Crippen LogP contribution in [0.3, 0.4) is 0 Å². The Balaban J connectivity index is 1.79. The third-order valence-corrected chi connectivity index (χ3v) is 7.43. The van der Waals surface area contributed by atoms with Crippen molar-refractivity contribution in [3.8, 4) is 0 Å². The molecule has 2 aromatic heterocycles. The number of hydrogen-bond acceptors (Lipinski definition) is 5. The highest BCUT2D eigenvalue weighted by Gasteiger charge is 2.23. The molecule has 0 aromatic carbocycles. The van der Waals surface area contributed by atoms with E-state index in [1.807, 2.05) is 13.8 Å². The van der Waals surface area contributed by atoms with Gasteiger partial charge in [0.1, 0.15) is 4.83 Å². The minimum atomic E-state index is -0.0504. The fourth-order valence-electron chi connectivity index (χ4n) is 3.62. The van der Waals surface area contributed by atoms with Crippen LogP contribution in [0, 0.1) is 19.8 Å². The number of fused-ring (bicyclic) bond motifs is 1. The third-order valence-electron chi connectivity index (χ3n) is 5.36. The summed E-state index contributed by atoms with van der Waals surface area (Å²) in [5, 5.41) is 4.43. The van der Waals surface area contributed by atoms with Gasteiger partial charge in [-0.05, 0) is 38.2 Å². The van der Waals surface area contributed by atoms with Crippen molar-refractivity contribution in [2.45, 2.75) is 64.2 Å². The van der Waals surface area contributed by atoms with Gasteiger partial charge in [-0.3, -0.25) is 14.2 Å².